The van der Waals surface area contributed by atoms with Crippen LogP contribution in [0.15, 0.2) is 10.6 Å². The fourth-order valence-corrected chi connectivity index (χ4v) is 4.57. The number of carboxylic acids is 1. The average Bonchev–Trinajstić information content (AvgIpc) is 2.78. The summed E-state index contributed by atoms with van der Waals surface area (Å²) >= 11 is 1.29. The molecular formula is C15H20N4O4S. The molecule has 0 unspecified atom stereocenters. The first-order valence-corrected chi connectivity index (χ1v) is 8.64. The van der Waals surface area contributed by atoms with Gasteiger partial charge in [0.2, 0.25) is 5.91 Å². The fourth-order valence-electron chi connectivity index (χ4n) is 3.37. The molecule has 0 aliphatic carbocycles. The predicted octanol–water partition coefficient (Wildman–Crippen LogP) is 0.354. The Morgan fingerprint density at radius 1 is 1.62 bits per heavy atom. The van der Waals surface area contributed by atoms with Gasteiger partial charge in [-0.1, -0.05) is 0 Å². The van der Waals surface area contributed by atoms with Crippen molar-refractivity contribution in [2.75, 3.05) is 12.3 Å². The molecule has 0 spiro atoms. The van der Waals surface area contributed by atoms with E-state index in [1.165, 1.54) is 23.6 Å². The third kappa shape index (κ3) is 3.12. The minimum atomic E-state index is -1.17. The van der Waals surface area contributed by atoms with Gasteiger partial charge in [0.15, 0.2) is 0 Å². The monoisotopic (exact) mass is 352 g/mol. The van der Waals surface area contributed by atoms with Crippen molar-refractivity contribution in [3.63, 3.8) is 0 Å². The van der Waals surface area contributed by atoms with Crippen LogP contribution in [0.1, 0.15) is 19.8 Å². The Bertz CT molecular complexity index is 613. The van der Waals surface area contributed by atoms with E-state index in [0.29, 0.717) is 23.6 Å². The number of hydrogen-bond donors (Lipinski definition) is 4. The lowest BCUT2D eigenvalue weighted by Gasteiger charge is -2.47. The van der Waals surface area contributed by atoms with Gasteiger partial charge >= 0.3 is 5.97 Å². The number of aliphatic hydroxyl groups excluding tert-OH is 1. The van der Waals surface area contributed by atoms with E-state index >= 15 is 0 Å². The Morgan fingerprint density at radius 2 is 2.33 bits per heavy atom. The first-order valence-electron chi connectivity index (χ1n) is 7.66. The Morgan fingerprint density at radius 3 is 2.88 bits per heavy atom. The molecule has 1 fully saturated rings. The van der Waals surface area contributed by atoms with Crippen molar-refractivity contribution in [2.24, 2.45) is 11.8 Å². The number of thioether (sulfide) groups is 1. The van der Waals surface area contributed by atoms with Crippen LogP contribution in [-0.2, 0) is 9.59 Å². The number of fused-ring (bicyclic) bond motifs is 1. The van der Waals surface area contributed by atoms with Crippen LogP contribution in [-0.4, -0.2) is 57.8 Å². The van der Waals surface area contributed by atoms with Crippen LogP contribution < -0.4 is 5.32 Å². The van der Waals surface area contributed by atoms with E-state index in [1.807, 2.05) is 6.07 Å². The van der Waals surface area contributed by atoms with Crippen LogP contribution >= 0.6 is 11.8 Å². The lowest BCUT2D eigenvalue weighted by molar-refractivity contribution is -0.163. The zero-order valence-corrected chi connectivity index (χ0v) is 14.0. The number of carbonyl (C=O) groups excluding carboxylic acids is 1. The second kappa shape index (κ2) is 7.68. The maximum absolute atomic E-state index is 12.3. The van der Waals surface area contributed by atoms with Crippen molar-refractivity contribution in [3.05, 3.63) is 10.6 Å². The van der Waals surface area contributed by atoms with Gasteiger partial charge in [0.05, 0.1) is 30.5 Å². The molecule has 0 aromatic rings. The van der Waals surface area contributed by atoms with Crippen molar-refractivity contribution in [3.8, 4) is 6.07 Å². The zero-order chi connectivity index (χ0) is 17.9. The molecule has 9 heteroatoms. The largest absolute Gasteiger partial charge is 0.477 e. The summed E-state index contributed by atoms with van der Waals surface area (Å²) in [4.78, 5) is 25.9. The standard InChI is InChI=1S/C15H20N4O4S/c1-8(20)10-11-9(3-5-18-7-17)13(24-6-2-4-16)12(15(22)23)19(11)14(10)21/h7-11,20H,2-3,5-6H2,1H3,(H2,17,18)(H,22,23)/t8-,9-,10-,11-/m1/s1. The van der Waals surface area contributed by atoms with Crippen molar-refractivity contribution in [1.82, 2.24) is 10.2 Å². The Hall–Kier alpha value is -2.05. The molecule has 130 valence electrons. The van der Waals surface area contributed by atoms with Crippen LogP contribution in [0.5, 0.6) is 0 Å². The van der Waals surface area contributed by atoms with Gasteiger partial charge in [-0.25, -0.2) is 4.79 Å². The van der Waals surface area contributed by atoms with Crippen molar-refractivity contribution in [1.29, 1.82) is 10.7 Å². The van der Waals surface area contributed by atoms with Crippen molar-refractivity contribution in [2.45, 2.75) is 31.9 Å². The first kappa shape index (κ1) is 18.3. The second-order valence-electron chi connectivity index (χ2n) is 5.73. The number of nitrogens with zero attached hydrogens (tertiary/aromatic N) is 2. The SMILES string of the molecule is C[C@@H](O)[C@H]1C(=O)N2C(C(=O)O)=C(SCCC#N)[C@H](CCNC=N)[C@H]12. The quantitative estimate of drug-likeness (QED) is 0.203. The number of amides is 1. The third-order valence-corrected chi connectivity index (χ3v) is 5.52. The minimum Gasteiger partial charge on any atom is -0.477 e. The lowest BCUT2D eigenvalue weighted by Crippen LogP contribution is -2.64. The van der Waals surface area contributed by atoms with Crippen LogP contribution in [0.4, 0.5) is 0 Å². The van der Waals surface area contributed by atoms with Gasteiger partial charge in [-0.15, -0.1) is 11.8 Å². The summed E-state index contributed by atoms with van der Waals surface area (Å²) in [6.45, 7) is 2.00. The van der Waals surface area contributed by atoms with Crippen LogP contribution in [0.3, 0.4) is 0 Å². The van der Waals surface area contributed by atoms with Gasteiger partial charge < -0.3 is 20.4 Å². The molecule has 0 radical (unpaired) electrons. The lowest BCUT2D eigenvalue weighted by atomic mass is 9.77. The fraction of sp³-hybridized carbons (Fsp3) is 0.600. The second-order valence-corrected chi connectivity index (χ2v) is 6.87. The van der Waals surface area contributed by atoms with E-state index in [9.17, 15) is 19.8 Å². The molecule has 1 saturated heterocycles. The molecule has 4 atom stereocenters. The number of aliphatic carboxylic acids is 1. The predicted molar refractivity (Wildman–Crippen MR) is 88.0 cm³/mol. The number of rotatable bonds is 9. The van der Waals surface area contributed by atoms with Crippen molar-refractivity contribution >= 4 is 30.0 Å². The van der Waals surface area contributed by atoms with Crippen LogP contribution in [0, 0.1) is 28.6 Å². The van der Waals surface area contributed by atoms with E-state index in [-0.39, 0.29) is 30.0 Å². The van der Waals surface area contributed by atoms with Crippen LogP contribution in [0.2, 0.25) is 0 Å². The third-order valence-electron chi connectivity index (χ3n) is 4.31. The molecule has 1 amide bonds. The summed E-state index contributed by atoms with van der Waals surface area (Å²) in [6, 6.07) is 1.65. The molecule has 0 saturated carbocycles. The summed E-state index contributed by atoms with van der Waals surface area (Å²) in [5.74, 6) is -1.92. The number of hydrogen-bond acceptors (Lipinski definition) is 6. The summed E-state index contributed by atoms with van der Waals surface area (Å²) in [7, 11) is 0. The van der Waals surface area contributed by atoms with E-state index in [0.717, 1.165) is 6.34 Å². The number of nitrogens with one attached hydrogen (secondary N) is 2. The number of nitriles is 1. The average molecular weight is 352 g/mol. The highest BCUT2D eigenvalue weighted by molar-refractivity contribution is 8.03. The number of β-lactam (4-membered cyclic amide) rings is 1. The molecule has 0 aromatic carbocycles. The smallest absolute Gasteiger partial charge is 0.353 e. The molecule has 2 aliphatic heterocycles. The minimum absolute atomic E-state index is 0.0234. The summed E-state index contributed by atoms with van der Waals surface area (Å²) in [5, 5.41) is 37.9. The van der Waals surface area contributed by atoms with E-state index in [4.69, 9.17) is 10.7 Å². The summed E-state index contributed by atoms with van der Waals surface area (Å²) < 4.78 is 0. The topological polar surface area (TPSA) is 138 Å². The maximum atomic E-state index is 12.3. The zero-order valence-electron chi connectivity index (χ0n) is 13.2. The van der Waals surface area contributed by atoms with Crippen molar-refractivity contribution < 1.29 is 19.8 Å². The van der Waals surface area contributed by atoms with Gasteiger partial charge in [-0.05, 0) is 13.3 Å². The Kier molecular flexibility index (Phi) is 5.85. The molecule has 2 aliphatic rings. The van der Waals surface area contributed by atoms with E-state index in [1.54, 1.807) is 0 Å². The van der Waals surface area contributed by atoms with Gasteiger partial charge in [0, 0.05) is 29.5 Å². The summed E-state index contributed by atoms with van der Waals surface area (Å²) in [6.07, 6.45) is 1.04. The molecule has 24 heavy (non-hydrogen) atoms. The highest BCUT2D eigenvalue weighted by Gasteiger charge is 2.60. The van der Waals surface area contributed by atoms with Gasteiger partial charge in [0.1, 0.15) is 5.70 Å². The normalized spacial score (nSPS) is 26.5. The van der Waals surface area contributed by atoms with E-state index in [2.05, 4.69) is 5.32 Å². The molecular weight excluding hydrogens is 332 g/mol. The highest BCUT2D eigenvalue weighted by Crippen LogP contribution is 2.51. The summed E-state index contributed by atoms with van der Waals surface area (Å²) in [5.41, 5.74) is -0.0234. The Labute approximate surface area is 144 Å². The van der Waals surface area contributed by atoms with Gasteiger partial charge in [-0.3, -0.25) is 10.2 Å². The van der Waals surface area contributed by atoms with E-state index < -0.39 is 18.0 Å². The van der Waals surface area contributed by atoms with Crippen LogP contribution in [0.25, 0.3) is 0 Å². The number of carbonyl (C=O) groups is 2. The highest BCUT2D eigenvalue weighted by atomic mass is 32.2. The first-order chi connectivity index (χ1) is 11.5. The molecule has 2 rings (SSSR count). The molecule has 4 N–H and O–H groups in total. The maximum Gasteiger partial charge on any atom is 0.353 e. The molecule has 8 nitrogen and oxygen atoms in total. The molecule has 0 aromatic heterocycles. The number of carboxylic acid groups (broad SMARTS) is 1. The molecule has 0 bridgehead atoms. The Balaban J connectivity index is 2.32. The number of aliphatic hydroxyl groups is 1. The van der Waals surface area contributed by atoms with Gasteiger partial charge in [-0.2, -0.15) is 5.26 Å². The van der Waals surface area contributed by atoms with Gasteiger partial charge in [0.25, 0.3) is 0 Å². The molecule has 2 heterocycles.